The number of carbonyl (C=O) groups is 1. The maximum absolute atomic E-state index is 12.5. The highest BCUT2D eigenvalue weighted by molar-refractivity contribution is 7.22. The maximum atomic E-state index is 12.5. The minimum atomic E-state index is -0.248. The lowest BCUT2D eigenvalue weighted by Gasteiger charge is -1.96. The average molecular weight is 376 g/mol. The highest BCUT2D eigenvalue weighted by atomic mass is 32.1. The molecule has 0 radical (unpaired) electrons. The zero-order chi connectivity index (χ0) is 17.5. The van der Waals surface area contributed by atoms with Gasteiger partial charge in [0.25, 0.3) is 5.91 Å². The van der Waals surface area contributed by atoms with Crippen LogP contribution < -0.4 is 5.32 Å². The summed E-state index contributed by atoms with van der Waals surface area (Å²) in [4.78, 5) is 24.7. The van der Waals surface area contributed by atoms with E-state index in [4.69, 9.17) is 0 Å². The Bertz CT molecular complexity index is 1180. The summed E-state index contributed by atoms with van der Waals surface area (Å²) < 4.78 is 1.04. The molecule has 0 saturated carbocycles. The molecule has 0 aliphatic heterocycles. The molecule has 5 rings (SSSR count). The van der Waals surface area contributed by atoms with Gasteiger partial charge in [-0.25, -0.2) is 9.97 Å². The van der Waals surface area contributed by atoms with Crippen molar-refractivity contribution < 1.29 is 4.79 Å². The summed E-state index contributed by atoms with van der Waals surface area (Å²) in [6.45, 7) is 0. The predicted octanol–water partition coefficient (Wildman–Crippen LogP) is 5.15. The van der Waals surface area contributed by atoms with E-state index >= 15 is 0 Å². The molecular formula is C19H12N4OS2. The second-order valence-electron chi connectivity index (χ2n) is 5.75. The van der Waals surface area contributed by atoms with E-state index in [-0.39, 0.29) is 5.91 Å². The summed E-state index contributed by atoms with van der Waals surface area (Å²) in [5.41, 5.74) is 3.24. The molecule has 5 nitrogen and oxygen atoms in total. The first-order valence-electron chi connectivity index (χ1n) is 7.97. The van der Waals surface area contributed by atoms with Crippen molar-refractivity contribution in [3.05, 3.63) is 65.7 Å². The molecule has 2 N–H and O–H groups in total. The number of hydrogen-bond acceptors (Lipinski definition) is 5. The molecule has 0 aliphatic carbocycles. The largest absolute Gasteiger partial charge is 0.353 e. The van der Waals surface area contributed by atoms with E-state index in [2.05, 4.69) is 20.3 Å². The van der Waals surface area contributed by atoms with Gasteiger partial charge in [0.1, 0.15) is 10.7 Å². The molecule has 3 heterocycles. The highest BCUT2D eigenvalue weighted by Crippen LogP contribution is 2.28. The summed E-state index contributed by atoms with van der Waals surface area (Å²) in [6, 6.07) is 17.9. The van der Waals surface area contributed by atoms with E-state index in [9.17, 15) is 4.79 Å². The zero-order valence-electron chi connectivity index (χ0n) is 13.4. The smallest absolute Gasteiger partial charge is 0.276 e. The standard InChI is InChI=1S/C19H12N4OS2/c24-17(23-19-22-13-7-3-4-8-16(13)26-19)15-10-25-18(21-15)14-9-11-5-1-2-6-12(11)20-14/h1-10,20H,(H,22,23,24). The van der Waals surface area contributed by atoms with Crippen LogP contribution in [0.3, 0.4) is 0 Å². The van der Waals surface area contributed by atoms with Gasteiger partial charge in [-0.15, -0.1) is 11.3 Å². The Hall–Kier alpha value is -3.03. The minimum absolute atomic E-state index is 0.248. The van der Waals surface area contributed by atoms with Crippen molar-refractivity contribution >= 4 is 54.8 Å². The number of carbonyl (C=O) groups excluding carboxylic acids is 1. The molecule has 0 unspecified atom stereocenters. The van der Waals surface area contributed by atoms with Crippen molar-refractivity contribution in [1.82, 2.24) is 15.0 Å². The van der Waals surface area contributed by atoms with E-state index in [1.54, 1.807) is 5.38 Å². The van der Waals surface area contributed by atoms with Gasteiger partial charge in [-0.3, -0.25) is 10.1 Å². The van der Waals surface area contributed by atoms with Crippen LogP contribution in [-0.2, 0) is 0 Å². The molecular weight excluding hydrogens is 364 g/mol. The number of benzene rings is 2. The first kappa shape index (κ1) is 15.2. The number of amides is 1. The Morgan fingerprint density at radius 3 is 2.77 bits per heavy atom. The van der Waals surface area contributed by atoms with E-state index in [1.807, 2.05) is 54.6 Å². The molecule has 0 fully saturated rings. The van der Waals surface area contributed by atoms with Gasteiger partial charge in [0, 0.05) is 16.3 Å². The van der Waals surface area contributed by atoms with Gasteiger partial charge in [0.15, 0.2) is 5.13 Å². The van der Waals surface area contributed by atoms with Crippen molar-refractivity contribution in [3.63, 3.8) is 0 Å². The quantitative estimate of drug-likeness (QED) is 0.457. The molecule has 3 aromatic heterocycles. The molecule has 0 atom stereocenters. The van der Waals surface area contributed by atoms with Crippen molar-refractivity contribution in [2.75, 3.05) is 5.32 Å². The third kappa shape index (κ3) is 2.67. The number of nitrogens with zero attached hydrogens (tertiary/aromatic N) is 2. The molecule has 7 heteroatoms. The Morgan fingerprint density at radius 1 is 1.04 bits per heavy atom. The summed E-state index contributed by atoms with van der Waals surface area (Å²) in [7, 11) is 0. The minimum Gasteiger partial charge on any atom is -0.353 e. The Kier molecular flexibility index (Phi) is 3.55. The number of anilines is 1. The lowest BCUT2D eigenvalue weighted by molar-refractivity contribution is 0.102. The normalized spacial score (nSPS) is 11.2. The number of H-pyrrole nitrogens is 1. The van der Waals surface area contributed by atoms with Crippen LogP contribution in [0.4, 0.5) is 5.13 Å². The number of aromatic nitrogens is 3. The van der Waals surface area contributed by atoms with Crippen LogP contribution in [0.2, 0.25) is 0 Å². The fourth-order valence-corrected chi connectivity index (χ4v) is 4.41. The van der Waals surface area contributed by atoms with Crippen molar-refractivity contribution in [3.8, 4) is 10.7 Å². The fraction of sp³-hybridized carbons (Fsp3) is 0. The van der Waals surface area contributed by atoms with Gasteiger partial charge in [-0.2, -0.15) is 0 Å². The van der Waals surface area contributed by atoms with Crippen LogP contribution in [0.5, 0.6) is 0 Å². The van der Waals surface area contributed by atoms with Crippen LogP contribution >= 0.6 is 22.7 Å². The first-order valence-corrected chi connectivity index (χ1v) is 9.66. The van der Waals surface area contributed by atoms with Gasteiger partial charge in [-0.1, -0.05) is 41.7 Å². The Balaban J connectivity index is 1.41. The number of para-hydroxylation sites is 2. The molecule has 0 saturated heterocycles. The van der Waals surface area contributed by atoms with Gasteiger partial charge >= 0.3 is 0 Å². The number of nitrogens with one attached hydrogen (secondary N) is 2. The third-order valence-electron chi connectivity index (χ3n) is 4.01. The van der Waals surface area contributed by atoms with Crippen LogP contribution in [0, 0.1) is 0 Å². The zero-order valence-corrected chi connectivity index (χ0v) is 15.0. The predicted molar refractivity (Wildman–Crippen MR) is 107 cm³/mol. The maximum Gasteiger partial charge on any atom is 0.276 e. The van der Waals surface area contributed by atoms with Gasteiger partial charge in [0.05, 0.1) is 15.9 Å². The van der Waals surface area contributed by atoms with Crippen LogP contribution in [-0.4, -0.2) is 20.9 Å². The molecule has 5 aromatic rings. The summed E-state index contributed by atoms with van der Waals surface area (Å²) >= 11 is 2.89. The van der Waals surface area contributed by atoms with Gasteiger partial charge in [-0.05, 0) is 24.3 Å². The average Bonchev–Trinajstić information content (AvgIpc) is 3.37. The summed E-state index contributed by atoms with van der Waals surface area (Å²) in [5, 5.41) is 7.10. The summed E-state index contributed by atoms with van der Waals surface area (Å²) in [6.07, 6.45) is 0. The number of thiazole rings is 2. The van der Waals surface area contributed by atoms with Crippen molar-refractivity contribution in [2.45, 2.75) is 0 Å². The van der Waals surface area contributed by atoms with E-state index in [1.165, 1.54) is 22.7 Å². The molecule has 2 aromatic carbocycles. The van der Waals surface area contributed by atoms with Crippen LogP contribution in [0.15, 0.2) is 60.0 Å². The van der Waals surface area contributed by atoms with Gasteiger partial charge in [0.2, 0.25) is 0 Å². The molecule has 26 heavy (non-hydrogen) atoms. The highest BCUT2D eigenvalue weighted by Gasteiger charge is 2.15. The molecule has 126 valence electrons. The third-order valence-corrected chi connectivity index (χ3v) is 5.84. The van der Waals surface area contributed by atoms with Crippen LogP contribution in [0.1, 0.15) is 10.5 Å². The van der Waals surface area contributed by atoms with Crippen molar-refractivity contribution in [2.24, 2.45) is 0 Å². The second-order valence-corrected chi connectivity index (χ2v) is 7.64. The number of fused-ring (bicyclic) bond motifs is 2. The lowest BCUT2D eigenvalue weighted by atomic mass is 10.2. The number of rotatable bonds is 3. The molecule has 0 spiro atoms. The number of aromatic amines is 1. The summed E-state index contributed by atoms with van der Waals surface area (Å²) in [5.74, 6) is -0.248. The Labute approximate surface area is 156 Å². The van der Waals surface area contributed by atoms with Crippen molar-refractivity contribution in [1.29, 1.82) is 0 Å². The lowest BCUT2D eigenvalue weighted by Crippen LogP contribution is -2.11. The molecule has 0 aliphatic rings. The second kappa shape index (κ2) is 6.05. The molecule has 1 amide bonds. The van der Waals surface area contributed by atoms with E-state index in [0.29, 0.717) is 10.8 Å². The van der Waals surface area contributed by atoms with Gasteiger partial charge < -0.3 is 4.98 Å². The molecule has 0 bridgehead atoms. The number of hydrogen-bond donors (Lipinski definition) is 2. The fourth-order valence-electron chi connectivity index (χ4n) is 2.78. The van der Waals surface area contributed by atoms with Crippen LogP contribution in [0.25, 0.3) is 31.8 Å². The first-order chi connectivity index (χ1) is 12.8. The van der Waals surface area contributed by atoms with E-state index < -0.39 is 0 Å². The Morgan fingerprint density at radius 2 is 1.88 bits per heavy atom. The monoisotopic (exact) mass is 376 g/mol. The van der Waals surface area contributed by atoms with E-state index in [0.717, 1.165) is 31.8 Å². The SMILES string of the molecule is O=C(Nc1nc2ccccc2s1)c1csc(-c2cc3ccccc3[nH]2)n1. The topological polar surface area (TPSA) is 70.7 Å².